The molecule has 0 bridgehead atoms. The molecule has 2 atom stereocenters. The molecule has 3 aromatic rings. The van der Waals surface area contributed by atoms with Gasteiger partial charge in [-0.05, 0) is 43.2 Å². The van der Waals surface area contributed by atoms with Crippen LogP contribution in [0.25, 0.3) is 11.1 Å². The summed E-state index contributed by atoms with van der Waals surface area (Å²) in [7, 11) is 3.14. The van der Waals surface area contributed by atoms with Gasteiger partial charge in [0.1, 0.15) is 11.6 Å². The van der Waals surface area contributed by atoms with Crippen molar-refractivity contribution in [3.8, 4) is 34.5 Å². The number of rotatable bonds is 5. The molecule has 34 heavy (non-hydrogen) atoms. The zero-order valence-electron chi connectivity index (χ0n) is 18.9. The first-order chi connectivity index (χ1) is 16.4. The van der Waals surface area contributed by atoms with E-state index >= 15 is 0 Å². The molecule has 0 aliphatic carbocycles. The Morgan fingerprint density at radius 1 is 1.03 bits per heavy atom. The van der Waals surface area contributed by atoms with Gasteiger partial charge in [0.05, 0.1) is 20.3 Å². The molecule has 0 radical (unpaired) electrons. The molecular formula is C26H23F2N3O2S. The standard InChI is InChI=1S/C26H23F2N3O2S/c1-4-5-15-8-17(14-30-13-15)18-10-19(21(28)11-20(18)27)22-12-25(34-26(29)31-22)16-6-7-23(32-2)24(9-16)33-3/h6-11,13-14,22,25H,12H2,1-3H3,(H2,29,31)/t22-,25-/m0/s1. The third-order valence-electron chi connectivity index (χ3n) is 5.53. The average Bonchev–Trinajstić information content (AvgIpc) is 2.83. The fourth-order valence-electron chi connectivity index (χ4n) is 3.93. The van der Waals surface area contributed by atoms with E-state index in [1.807, 2.05) is 18.2 Å². The van der Waals surface area contributed by atoms with Crippen molar-refractivity contribution in [2.24, 2.45) is 10.7 Å². The number of amidine groups is 1. The van der Waals surface area contributed by atoms with Crippen molar-refractivity contribution in [1.29, 1.82) is 0 Å². The number of nitrogens with zero attached hydrogens (tertiary/aromatic N) is 2. The number of aromatic nitrogens is 1. The summed E-state index contributed by atoms with van der Waals surface area (Å²) in [5.41, 5.74) is 8.75. The maximum absolute atomic E-state index is 15.0. The van der Waals surface area contributed by atoms with Crippen LogP contribution >= 0.6 is 11.8 Å². The summed E-state index contributed by atoms with van der Waals surface area (Å²) in [6.07, 6.45) is 3.60. The zero-order chi connectivity index (χ0) is 24.2. The fourth-order valence-corrected chi connectivity index (χ4v) is 4.97. The van der Waals surface area contributed by atoms with Gasteiger partial charge in [0, 0.05) is 46.0 Å². The predicted octanol–water partition coefficient (Wildman–Crippen LogP) is 5.65. The van der Waals surface area contributed by atoms with Gasteiger partial charge in [-0.2, -0.15) is 0 Å². The Balaban J connectivity index is 1.71. The van der Waals surface area contributed by atoms with Crippen LogP contribution in [-0.4, -0.2) is 24.4 Å². The number of aliphatic imine (C=N–C) groups is 1. The first kappa shape index (κ1) is 23.6. The molecule has 1 aliphatic heterocycles. The minimum Gasteiger partial charge on any atom is -0.493 e. The van der Waals surface area contributed by atoms with Crippen LogP contribution in [0.2, 0.25) is 0 Å². The summed E-state index contributed by atoms with van der Waals surface area (Å²) in [5, 5.41) is 0.239. The Bertz CT molecular complexity index is 1320. The van der Waals surface area contributed by atoms with Gasteiger partial charge in [-0.1, -0.05) is 23.7 Å². The van der Waals surface area contributed by atoms with E-state index < -0.39 is 17.7 Å². The van der Waals surface area contributed by atoms with Gasteiger partial charge < -0.3 is 15.2 Å². The minimum atomic E-state index is -0.678. The highest BCUT2D eigenvalue weighted by Crippen LogP contribution is 2.45. The number of hydrogen-bond donors (Lipinski definition) is 1. The Kier molecular flexibility index (Phi) is 7.03. The summed E-state index contributed by atoms with van der Waals surface area (Å²) < 4.78 is 40.5. The van der Waals surface area contributed by atoms with Gasteiger partial charge in [-0.3, -0.25) is 9.98 Å². The van der Waals surface area contributed by atoms with Crippen molar-refractivity contribution in [2.75, 3.05) is 14.2 Å². The molecule has 0 fully saturated rings. The highest BCUT2D eigenvalue weighted by atomic mass is 32.2. The van der Waals surface area contributed by atoms with Crippen LogP contribution in [0.15, 0.2) is 53.8 Å². The quantitative estimate of drug-likeness (QED) is 0.479. The molecule has 0 spiro atoms. The fraction of sp³-hybridized carbons (Fsp3) is 0.231. The second-order valence-electron chi connectivity index (χ2n) is 7.63. The topological polar surface area (TPSA) is 69.7 Å². The molecule has 2 aromatic carbocycles. The van der Waals surface area contributed by atoms with Crippen molar-refractivity contribution in [3.05, 3.63) is 77.1 Å². The van der Waals surface area contributed by atoms with Crippen molar-refractivity contribution in [2.45, 2.75) is 24.6 Å². The van der Waals surface area contributed by atoms with Crippen molar-refractivity contribution in [3.63, 3.8) is 0 Å². The zero-order valence-corrected chi connectivity index (χ0v) is 19.7. The maximum atomic E-state index is 15.0. The number of thioether (sulfide) groups is 1. The predicted molar refractivity (Wildman–Crippen MR) is 131 cm³/mol. The number of nitrogens with two attached hydrogens (primary N) is 1. The van der Waals surface area contributed by atoms with Gasteiger partial charge in [0.15, 0.2) is 16.7 Å². The summed E-state index contributed by atoms with van der Waals surface area (Å²) in [4.78, 5) is 8.62. The molecule has 0 amide bonds. The SMILES string of the molecule is CC#Cc1cncc(-c2cc([C@@H]3C[C@@H](c4ccc(OC)c(OC)c4)SC(N)=N3)c(F)cc2F)c1. The van der Waals surface area contributed by atoms with Crippen molar-refractivity contribution >= 4 is 16.9 Å². The molecule has 0 saturated carbocycles. The maximum Gasteiger partial charge on any atom is 0.161 e. The van der Waals surface area contributed by atoms with Crippen LogP contribution in [0.1, 0.15) is 41.3 Å². The Morgan fingerprint density at radius 2 is 1.82 bits per heavy atom. The highest BCUT2D eigenvalue weighted by molar-refractivity contribution is 8.14. The monoisotopic (exact) mass is 479 g/mol. The normalized spacial score (nSPS) is 17.4. The molecule has 2 heterocycles. The molecule has 0 unspecified atom stereocenters. The van der Waals surface area contributed by atoms with Gasteiger partial charge >= 0.3 is 0 Å². The van der Waals surface area contributed by atoms with Crippen LogP contribution in [0.4, 0.5) is 8.78 Å². The lowest BCUT2D eigenvalue weighted by molar-refractivity contribution is 0.354. The molecule has 2 N–H and O–H groups in total. The van der Waals surface area contributed by atoms with Gasteiger partial charge in [0.25, 0.3) is 0 Å². The van der Waals surface area contributed by atoms with Crippen molar-refractivity contribution < 1.29 is 18.3 Å². The van der Waals surface area contributed by atoms with Crippen LogP contribution < -0.4 is 15.2 Å². The Hall–Kier alpha value is -3.57. The first-order valence-corrected chi connectivity index (χ1v) is 11.4. The van der Waals surface area contributed by atoms with E-state index in [1.54, 1.807) is 33.4 Å². The largest absolute Gasteiger partial charge is 0.493 e. The highest BCUT2D eigenvalue weighted by Gasteiger charge is 2.29. The van der Waals surface area contributed by atoms with Crippen LogP contribution in [0.5, 0.6) is 11.5 Å². The van der Waals surface area contributed by atoms with E-state index in [0.717, 1.165) is 11.6 Å². The van der Waals surface area contributed by atoms with Crippen LogP contribution in [0.3, 0.4) is 0 Å². The number of methoxy groups -OCH3 is 2. The van der Waals surface area contributed by atoms with E-state index in [9.17, 15) is 8.78 Å². The summed E-state index contributed by atoms with van der Waals surface area (Å²) in [6, 6.07) is 9.16. The van der Waals surface area contributed by atoms with Gasteiger partial charge in [0.2, 0.25) is 0 Å². The second-order valence-corrected chi connectivity index (χ2v) is 8.85. The molecule has 1 aromatic heterocycles. The molecule has 1 aliphatic rings. The minimum absolute atomic E-state index is 0.0972. The number of hydrogen-bond acceptors (Lipinski definition) is 6. The van der Waals surface area contributed by atoms with Crippen molar-refractivity contribution in [1.82, 2.24) is 4.98 Å². The summed E-state index contributed by atoms with van der Waals surface area (Å²) in [5.74, 6) is 5.56. The van der Waals surface area contributed by atoms with Crippen LogP contribution in [0, 0.1) is 23.5 Å². The lowest BCUT2D eigenvalue weighted by Gasteiger charge is -2.27. The Labute approximate surface area is 201 Å². The second kappa shape index (κ2) is 10.1. The molecule has 4 rings (SSSR count). The van der Waals surface area contributed by atoms with E-state index in [2.05, 4.69) is 21.8 Å². The molecular weight excluding hydrogens is 456 g/mol. The third-order valence-corrected chi connectivity index (χ3v) is 6.62. The Morgan fingerprint density at radius 3 is 2.56 bits per heavy atom. The molecule has 8 heteroatoms. The number of pyridine rings is 1. The lowest BCUT2D eigenvalue weighted by Crippen LogP contribution is -2.19. The van der Waals surface area contributed by atoms with Crippen LogP contribution in [-0.2, 0) is 0 Å². The first-order valence-electron chi connectivity index (χ1n) is 10.5. The van der Waals surface area contributed by atoms with E-state index in [0.29, 0.717) is 34.2 Å². The smallest absolute Gasteiger partial charge is 0.161 e. The summed E-state index contributed by atoms with van der Waals surface area (Å²) in [6.45, 7) is 1.71. The number of halogens is 2. The molecule has 0 saturated heterocycles. The van der Waals surface area contributed by atoms with Gasteiger partial charge in [-0.15, -0.1) is 5.92 Å². The number of benzene rings is 2. The summed E-state index contributed by atoms with van der Waals surface area (Å²) >= 11 is 1.40. The third kappa shape index (κ3) is 4.85. The van der Waals surface area contributed by atoms with E-state index in [4.69, 9.17) is 15.2 Å². The molecule has 174 valence electrons. The van der Waals surface area contributed by atoms with E-state index in [1.165, 1.54) is 24.0 Å². The average molecular weight is 480 g/mol. The van der Waals surface area contributed by atoms with Gasteiger partial charge in [-0.25, -0.2) is 8.78 Å². The number of ether oxygens (including phenoxy) is 2. The van der Waals surface area contributed by atoms with E-state index in [-0.39, 0.29) is 16.4 Å². The lowest BCUT2D eigenvalue weighted by atomic mass is 9.94. The molecule has 5 nitrogen and oxygen atoms in total.